The van der Waals surface area contributed by atoms with Gasteiger partial charge in [-0.1, -0.05) is 29.8 Å². The summed E-state index contributed by atoms with van der Waals surface area (Å²) < 4.78 is 25.0. The molecule has 0 aliphatic rings. The lowest BCUT2D eigenvalue weighted by molar-refractivity contribution is 0.237. The second-order valence-electron chi connectivity index (χ2n) is 5.24. The van der Waals surface area contributed by atoms with E-state index in [0.29, 0.717) is 5.02 Å². The molecule has 0 fully saturated rings. The molecule has 0 aliphatic heterocycles. The zero-order chi connectivity index (χ0) is 16.8. The van der Waals surface area contributed by atoms with Gasteiger partial charge in [-0.25, -0.2) is 13.2 Å². The van der Waals surface area contributed by atoms with Crippen molar-refractivity contribution in [3.63, 3.8) is 0 Å². The van der Waals surface area contributed by atoms with Gasteiger partial charge in [-0.3, -0.25) is 0 Å². The number of rotatable bonds is 7. The minimum Gasteiger partial charge on any atom is -0.337 e. The highest BCUT2D eigenvalue weighted by atomic mass is 35.5. The van der Waals surface area contributed by atoms with Crippen molar-refractivity contribution in [2.75, 3.05) is 19.3 Å². The number of benzene rings is 1. The van der Waals surface area contributed by atoms with E-state index in [2.05, 4.69) is 10.6 Å². The molecule has 1 aromatic carbocycles. The lowest BCUT2D eigenvalue weighted by Gasteiger charge is -2.21. The minimum absolute atomic E-state index is 0.0223. The molecule has 2 amide bonds. The van der Waals surface area contributed by atoms with E-state index in [1.54, 1.807) is 24.3 Å². The zero-order valence-electron chi connectivity index (χ0n) is 13.0. The van der Waals surface area contributed by atoms with E-state index >= 15 is 0 Å². The van der Waals surface area contributed by atoms with Crippen LogP contribution in [0, 0.1) is 0 Å². The summed E-state index contributed by atoms with van der Waals surface area (Å²) in [4.78, 5) is 11.5. The van der Waals surface area contributed by atoms with E-state index < -0.39 is 10.0 Å². The Morgan fingerprint density at radius 1 is 1.32 bits per heavy atom. The van der Waals surface area contributed by atoms with Crippen LogP contribution in [0.1, 0.15) is 19.4 Å². The average molecular weight is 348 g/mol. The van der Waals surface area contributed by atoms with E-state index in [9.17, 15) is 13.2 Å². The standard InChI is InChI=1S/C14H22ClN3O3S/c1-11(2)17-14(19)16-8-9-18(22(3,20)21)10-12-6-4-5-7-13(12)15/h4-7,11H,8-10H2,1-3H3,(H2,16,17,19). The molecule has 22 heavy (non-hydrogen) atoms. The smallest absolute Gasteiger partial charge is 0.315 e. The monoisotopic (exact) mass is 347 g/mol. The van der Waals surface area contributed by atoms with Crippen LogP contribution in [0.15, 0.2) is 24.3 Å². The lowest BCUT2D eigenvalue weighted by atomic mass is 10.2. The molecule has 124 valence electrons. The Hall–Kier alpha value is -1.31. The third kappa shape index (κ3) is 6.64. The van der Waals surface area contributed by atoms with Crippen LogP contribution >= 0.6 is 11.6 Å². The van der Waals surface area contributed by atoms with Crippen molar-refractivity contribution in [2.24, 2.45) is 0 Å². The molecule has 6 nitrogen and oxygen atoms in total. The van der Waals surface area contributed by atoms with E-state index in [1.807, 2.05) is 13.8 Å². The maximum Gasteiger partial charge on any atom is 0.315 e. The molecule has 0 heterocycles. The number of sulfonamides is 1. The Morgan fingerprint density at radius 2 is 1.95 bits per heavy atom. The summed E-state index contributed by atoms with van der Waals surface area (Å²) in [5, 5.41) is 5.82. The molecular weight excluding hydrogens is 326 g/mol. The van der Waals surface area contributed by atoms with Crippen LogP contribution < -0.4 is 10.6 Å². The van der Waals surface area contributed by atoms with Gasteiger partial charge in [0.25, 0.3) is 0 Å². The highest BCUT2D eigenvalue weighted by Gasteiger charge is 2.18. The summed E-state index contributed by atoms with van der Waals surface area (Å²) in [6.07, 6.45) is 1.14. The van der Waals surface area contributed by atoms with Crippen molar-refractivity contribution in [1.82, 2.24) is 14.9 Å². The van der Waals surface area contributed by atoms with Crippen LogP contribution in [0.3, 0.4) is 0 Å². The van der Waals surface area contributed by atoms with Crippen LogP contribution in [-0.4, -0.2) is 44.1 Å². The Labute approximate surface area is 136 Å². The van der Waals surface area contributed by atoms with Gasteiger partial charge in [0.1, 0.15) is 0 Å². The summed E-state index contributed by atoms with van der Waals surface area (Å²) in [6, 6.07) is 6.78. The second kappa shape index (κ2) is 8.36. The zero-order valence-corrected chi connectivity index (χ0v) is 14.5. The number of nitrogens with zero attached hydrogens (tertiary/aromatic N) is 1. The molecule has 0 unspecified atom stereocenters. The fourth-order valence-corrected chi connectivity index (χ4v) is 2.78. The molecule has 0 aliphatic carbocycles. The highest BCUT2D eigenvalue weighted by Crippen LogP contribution is 2.18. The molecule has 0 radical (unpaired) electrons. The third-order valence-electron chi connectivity index (χ3n) is 2.84. The Balaban J connectivity index is 2.64. The number of carbonyl (C=O) groups is 1. The minimum atomic E-state index is -3.40. The van der Waals surface area contributed by atoms with E-state index in [0.717, 1.165) is 11.8 Å². The van der Waals surface area contributed by atoms with Crippen molar-refractivity contribution < 1.29 is 13.2 Å². The average Bonchev–Trinajstić information content (AvgIpc) is 2.37. The topological polar surface area (TPSA) is 78.5 Å². The summed E-state index contributed by atoms with van der Waals surface area (Å²) >= 11 is 6.06. The van der Waals surface area contributed by atoms with E-state index in [-0.39, 0.29) is 31.7 Å². The van der Waals surface area contributed by atoms with Crippen LogP contribution in [-0.2, 0) is 16.6 Å². The molecule has 2 N–H and O–H groups in total. The molecule has 0 spiro atoms. The fraction of sp³-hybridized carbons (Fsp3) is 0.500. The predicted molar refractivity (Wildman–Crippen MR) is 88.4 cm³/mol. The first-order valence-electron chi connectivity index (χ1n) is 6.93. The number of carbonyl (C=O) groups excluding carboxylic acids is 1. The van der Waals surface area contributed by atoms with Crippen molar-refractivity contribution >= 4 is 27.7 Å². The molecular formula is C14H22ClN3O3S. The van der Waals surface area contributed by atoms with Gasteiger partial charge in [-0.15, -0.1) is 0 Å². The quantitative estimate of drug-likeness (QED) is 0.789. The Bertz CT molecular complexity index is 605. The van der Waals surface area contributed by atoms with Gasteiger partial charge in [0.2, 0.25) is 10.0 Å². The molecule has 1 rings (SSSR count). The first kappa shape index (κ1) is 18.7. The molecule has 8 heteroatoms. The Kier molecular flexibility index (Phi) is 7.12. The van der Waals surface area contributed by atoms with Crippen LogP contribution in [0.25, 0.3) is 0 Å². The molecule has 0 bridgehead atoms. The van der Waals surface area contributed by atoms with Gasteiger partial charge < -0.3 is 10.6 Å². The number of amides is 2. The van der Waals surface area contributed by atoms with Crippen LogP contribution in [0.2, 0.25) is 5.02 Å². The summed E-state index contributed by atoms with van der Waals surface area (Å²) in [6.45, 7) is 4.26. The van der Waals surface area contributed by atoms with Gasteiger partial charge >= 0.3 is 6.03 Å². The molecule has 0 aromatic heterocycles. The molecule has 0 saturated carbocycles. The summed E-state index contributed by atoms with van der Waals surface area (Å²) in [5.74, 6) is 0. The maximum atomic E-state index is 11.9. The summed E-state index contributed by atoms with van der Waals surface area (Å²) in [5.41, 5.74) is 0.723. The van der Waals surface area contributed by atoms with Gasteiger partial charge in [0.15, 0.2) is 0 Å². The van der Waals surface area contributed by atoms with Gasteiger partial charge in [0.05, 0.1) is 6.26 Å². The van der Waals surface area contributed by atoms with Crippen molar-refractivity contribution in [3.05, 3.63) is 34.9 Å². The number of nitrogens with one attached hydrogen (secondary N) is 2. The first-order valence-corrected chi connectivity index (χ1v) is 9.15. The van der Waals surface area contributed by atoms with Crippen molar-refractivity contribution in [2.45, 2.75) is 26.4 Å². The predicted octanol–water partition coefficient (Wildman–Crippen LogP) is 1.81. The molecule has 0 atom stereocenters. The molecule has 0 saturated heterocycles. The lowest BCUT2D eigenvalue weighted by Crippen LogP contribution is -2.43. The van der Waals surface area contributed by atoms with Crippen molar-refractivity contribution in [1.29, 1.82) is 0 Å². The van der Waals surface area contributed by atoms with Crippen molar-refractivity contribution in [3.8, 4) is 0 Å². The molecule has 1 aromatic rings. The summed E-state index contributed by atoms with van der Waals surface area (Å²) in [7, 11) is -3.40. The van der Waals surface area contributed by atoms with E-state index in [4.69, 9.17) is 11.6 Å². The largest absolute Gasteiger partial charge is 0.337 e. The van der Waals surface area contributed by atoms with Gasteiger partial charge in [0, 0.05) is 30.7 Å². The third-order valence-corrected chi connectivity index (χ3v) is 4.46. The second-order valence-corrected chi connectivity index (χ2v) is 7.63. The van der Waals surface area contributed by atoms with E-state index in [1.165, 1.54) is 4.31 Å². The normalized spacial score (nSPS) is 11.7. The van der Waals surface area contributed by atoms with Crippen LogP contribution in [0.4, 0.5) is 4.79 Å². The SMILES string of the molecule is CC(C)NC(=O)NCCN(Cc1ccccc1Cl)S(C)(=O)=O. The highest BCUT2D eigenvalue weighted by molar-refractivity contribution is 7.88. The van der Waals surface area contributed by atoms with Crippen LogP contribution in [0.5, 0.6) is 0 Å². The maximum absolute atomic E-state index is 11.9. The van der Waals surface area contributed by atoms with Gasteiger partial charge in [-0.2, -0.15) is 4.31 Å². The number of urea groups is 1. The fourth-order valence-electron chi connectivity index (χ4n) is 1.79. The first-order chi connectivity index (χ1) is 10.2. The van der Waals surface area contributed by atoms with Gasteiger partial charge in [-0.05, 0) is 25.5 Å². The number of hydrogen-bond acceptors (Lipinski definition) is 3. The Morgan fingerprint density at radius 3 is 2.50 bits per heavy atom. The number of halogens is 1. The number of hydrogen-bond donors (Lipinski definition) is 2.